The first-order valence-electron chi connectivity index (χ1n) is 30.8. The van der Waals surface area contributed by atoms with Gasteiger partial charge in [0.25, 0.3) is 0 Å². The van der Waals surface area contributed by atoms with Crippen molar-refractivity contribution in [3.63, 3.8) is 0 Å². The third-order valence-corrected chi connectivity index (χ3v) is 15.5. The van der Waals surface area contributed by atoms with Crippen molar-refractivity contribution in [2.75, 3.05) is 110 Å². The summed E-state index contributed by atoms with van der Waals surface area (Å²) in [6, 6.07) is 15.2. The van der Waals surface area contributed by atoms with Crippen LogP contribution in [0.2, 0.25) is 0 Å². The Kier molecular flexibility index (Phi) is 31.2. The lowest BCUT2D eigenvalue weighted by Crippen LogP contribution is -2.54. The molecule has 7 amide bonds. The number of ether oxygens (including phenoxy) is 6. The van der Waals surface area contributed by atoms with Gasteiger partial charge in [-0.2, -0.15) is 12.6 Å². The van der Waals surface area contributed by atoms with Crippen LogP contribution in [-0.2, 0) is 60.8 Å². The smallest absolute Gasteiger partial charge is 0.410 e. The summed E-state index contributed by atoms with van der Waals surface area (Å²) in [7, 11) is 0. The lowest BCUT2D eigenvalue weighted by atomic mass is 9.88. The van der Waals surface area contributed by atoms with E-state index in [0.29, 0.717) is 94.9 Å². The van der Waals surface area contributed by atoms with Crippen LogP contribution in [0.25, 0.3) is 11.3 Å². The average Bonchev–Trinajstić information content (AvgIpc) is 1.73. The molecule has 1 aromatic heterocycles. The molecular formula is C63H89F3N10O14S. The third kappa shape index (κ3) is 24.6. The summed E-state index contributed by atoms with van der Waals surface area (Å²) >= 11 is 4.02. The summed E-state index contributed by atoms with van der Waals surface area (Å²) in [5.41, 5.74) is 7.03. The number of anilines is 1. The predicted octanol–water partition coefficient (Wildman–Crippen LogP) is 4.86. The second kappa shape index (κ2) is 38.8. The number of imidazole rings is 1. The second-order valence-corrected chi connectivity index (χ2v) is 23.1. The van der Waals surface area contributed by atoms with Crippen molar-refractivity contribution in [1.29, 1.82) is 0 Å². The van der Waals surface area contributed by atoms with Gasteiger partial charge in [0, 0.05) is 82.1 Å². The number of nitrogens with one attached hydrogen (secondary N) is 5. The zero-order valence-corrected chi connectivity index (χ0v) is 52.8. The summed E-state index contributed by atoms with van der Waals surface area (Å²) in [6.45, 7) is 7.90. The van der Waals surface area contributed by atoms with E-state index in [9.17, 15) is 43.4 Å². The molecule has 6 rings (SSSR count). The molecule has 0 radical (unpaired) electrons. The van der Waals surface area contributed by atoms with Gasteiger partial charge in [-0.1, -0.05) is 56.3 Å². The fourth-order valence-electron chi connectivity index (χ4n) is 10.5. The van der Waals surface area contributed by atoms with E-state index < -0.39 is 84.0 Å². The number of likely N-dealkylation sites (tertiary alicyclic amines) is 1. The van der Waals surface area contributed by atoms with Gasteiger partial charge in [-0.25, -0.2) is 27.7 Å². The number of hydrogen-bond donors (Lipinski definition) is 9. The summed E-state index contributed by atoms with van der Waals surface area (Å²) < 4.78 is 81.6. The molecule has 0 spiro atoms. The number of hydrogen-bond acceptors (Lipinski definition) is 17. The van der Waals surface area contributed by atoms with Crippen LogP contribution in [0.4, 0.5) is 28.4 Å². The van der Waals surface area contributed by atoms with Gasteiger partial charge in [0.2, 0.25) is 23.6 Å². The van der Waals surface area contributed by atoms with Crippen LogP contribution in [-0.4, -0.2) is 200 Å². The highest BCUT2D eigenvalue weighted by atomic mass is 32.1. The number of nitrogens with zero attached hydrogens (tertiary/aromatic N) is 4. The van der Waals surface area contributed by atoms with Crippen LogP contribution in [0.3, 0.4) is 0 Å². The molecule has 4 aromatic rings. The number of primary amides is 1. The van der Waals surface area contributed by atoms with Crippen LogP contribution in [0, 0.1) is 29.4 Å². The summed E-state index contributed by atoms with van der Waals surface area (Å²) in [6.07, 6.45) is -2.02. The number of nitrogens with two attached hydrogens (primary N) is 1. The van der Waals surface area contributed by atoms with Gasteiger partial charge >= 0.3 is 12.1 Å². The highest BCUT2D eigenvalue weighted by Gasteiger charge is 2.44. The molecule has 91 heavy (non-hydrogen) atoms. The van der Waals surface area contributed by atoms with Crippen molar-refractivity contribution < 1.29 is 80.6 Å². The van der Waals surface area contributed by atoms with Crippen molar-refractivity contribution in [3.8, 4) is 11.3 Å². The van der Waals surface area contributed by atoms with Crippen molar-refractivity contribution in [1.82, 2.24) is 40.6 Å². The first kappa shape index (κ1) is 73.2. The second-order valence-electron chi connectivity index (χ2n) is 22.7. The molecule has 3 heterocycles. The predicted molar refractivity (Wildman–Crippen MR) is 334 cm³/mol. The summed E-state index contributed by atoms with van der Waals surface area (Å²) in [5.74, 6) is -3.77. The van der Waals surface area contributed by atoms with E-state index in [2.05, 4.69) is 39.2 Å². The SMILES string of the molecule is CC(C)C(NC(=O)CCOCCOCCOCCOCCNC(=O)CCS)C(=O)NC(CCCNC(N)=O)C(=O)Nc1ccc(COC(=O)N2CC(F)C(CN(C(O)C(C)O)C(c3nc(-c4cc(F)ccc4F)cn3Cc3ccccc3)C3CCOCC3)C2)cc1. The molecule has 2 aliphatic heterocycles. The standard InChI is InChI=1S/C63H89F3N10O14S/c1-41(2)56(73-55(79)19-25-86-27-29-88-31-32-89-30-28-87-26-22-68-54(78)20-33-91)60(81)72-52(10-7-21-69-62(67)83)59(80)70-48-14-11-44(12-15-48)40-90-63(84)75-36-46(51(66)38-75)37-76(61(82)42(3)77)57(45-17-23-85-24-18-45)58-71-53(49-34-47(64)13-16-50(49)65)39-74(58)35-43-8-5-4-6-9-43/h4-6,8-9,11-16,34,39,41-42,45-46,51-52,56-57,61,77,82,91H,7,10,17-33,35-38,40H2,1-3H3,(H,68,78)(H,70,80)(H,72,81)(H,73,79)(H3,67,69,83). The Labute approximate surface area is 534 Å². The maximum absolute atomic E-state index is 16.4. The largest absolute Gasteiger partial charge is 0.445 e. The van der Waals surface area contributed by atoms with E-state index >= 15 is 8.78 Å². The van der Waals surface area contributed by atoms with Crippen LogP contribution < -0.4 is 32.3 Å². The number of carbonyl (C=O) groups excluding carboxylic acids is 6. The highest BCUT2D eigenvalue weighted by molar-refractivity contribution is 7.80. The van der Waals surface area contributed by atoms with Gasteiger partial charge in [-0.15, -0.1) is 0 Å². The number of aliphatic hydroxyl groups is 2. The molecular weight excluding hydrogens is 1210 g/mol. The number of aliphatic hydroxyl groups excluding tert-OH is 2. The molecule has 3 aromatic carbocycles. The fraction of sp³-hybridized carbons (Fsp3) is 0.571. The normalized spacial score (nSPS) is 16.8. The molecule has 2 saturated heterocycles. The number of halogens is 3. The van der Waals surface area contributed by atoms with Crippen LogP contribution in [0.5, 0.6) is 0 Å². The Bertz CT molecular complexity index is 2900. The van der Waals surface area contributed by atoms with E-state index in [-0.39, 0.29) is 107 Å². The molecule has 9 N–H and O–H groups in total. The summed E-state index contributed by atoms with van der Waals surface area (Å²) in [5, 5.41) is 36.4. The van der Waals surface area contributed by atoms with E-state index in [1.807, 2.05) is 34.9 Å². The average molecular weight is 1300 g/mol. The number of rotatable bonds is 39. The fourth-order valence-corrected chi connectivity index (χ4v) is 10.7. The van der Waals surface area contributed by atoms with E-state index in [1.54, 1.807) is 49.2 Å². The Morgan fingerprint density at radius 2 is 1.46 bits per heavy atom. The zero-order valence-electron chi connectivity index (χ0n) is 51.9. The molecule has 0 saturated carbocycles. The van der Waals surface area contributed by atoms with Gasteiger partial charge in [-0.05, 0) is 91.7 Å². The number of carbonyl (C=O) groups is 6. The molecule has 0 aliphatic carbocycles. The highest BCUT2D eigenvalue weighted by Crippen LogP contribution is 2.40. The maximum Gasteiger partial charge on any atom is 0.410 e. The molecule has 24 nitrogen and oxygen atoms in total. The minimum absolute atomic E-state index is 0.0537. The lowest BCUT2D eigenvalue weighted by Gasteiger charge is -2.42. The van der Waals surface area contributed by atoms with Gasteiger partial charge in [0.05, 0.1) is 77.2 Å². The van der Waals surface area contributed by atoms with Gasteiger partial charge in [0.1, 0.15) is 48.5 Å². The van der Waals surface area contributed by atoms with Gasteiger partial charge in [0.15, 0.2) is 0 Å². The number of urea groups is 1. The minimum Gasteiger partial charge on any atom is -0.445 e. The molecule has 7 unspecified atom stereocenters. The van der Waals surface area contributed by atoms with Crippen LogP contribution in [0.1, 0.15) is 82.3 Å². The number of amides is 7. The number of alkyl halides is 1. The van der Waals surface area contributed by atoms with E-state index in [4.69, 9.17) is 39.1 Å². The number of thiol groups is 1. The molecule has 28 heteroatoms. The maximum atomic E-state index is 16.4. The molecule has 2 fully saturated rings. The lowest BCUT2D eigenvalue weighted by molar-refractivity contribution is -0.132. The Balaban J connectivity index is 1.00. The van der Waals surface area contributed by atoms with Gasteiger partial charge in [-0.3, -0.25) is 24.1 Å². The molecule has 7 atom stereocenters. The van der Waals surface area contributed by atoms with Crippen molar-refractivity contribution in [2.45, 2.75) is 109 Å². The Morgan fingerprint density at radius 3 is 2.11 bits per heavy atom. The number of benzene rings is 3. The quantitative estimate of drug-likeness (QED) is 0.0164. The Morgan fingerprint density at radius 1 is 0.791 bits per heavy atom. The zero-order chi connectivity index (χ0) is 65.7. The minimum atomic E-state index is -1.58. The van der Waals surface area contributed by atoms with E-state index in [1.165, 1.54) is 11.8 Å². The number of aromatic nitrogens is 2. The van der Waals surface area contributed by atoms with Crippen LogP contribution >= 0.6 is 12.6 Å². The van der Waals surface area contributed by atoms with Crippen molar-refractivity contribution >= 4 is 54.1 Å². The molecule has 0 bridgehead atoms. The topological polar surface area (TPSA) is 309 Å². The van der Waals surface area contributed by atoms with E-state index in [0.717, 1.165) is 23.8 Å². The first-order chi connectivity index (χ1) is 43.8. The molecule has 502 valence electrons. The van der Waals surface area contributed by atoms with Crippen molar-refractivity contribution in [2.24, 2.45) is 23.5 Å². The Hall–Kier alpha value is -6.89. The molecule has 2 aliphatic rings. The van der Waals surface area contributed by atoms with Crippen molar-refractivity contribution in [3.05, 3.63) is 108 Å². The van der Waals surface area contributed by atoms with Crippen LogP contribution in [0.15, 0.2) is 79.0 Å². The summed E-state index contributed by atoms with van der Waals surface area (Å²) in [4.78, 5) is 84.8. The first-order valence-corrected chi connectivity index (χ1v) is 31.5. The monoisotopic (exact) mass is 1300 g/mol. The van der Waals surface area contributed by atoms with Gasteiger partial charge < -0.3 is 80.4 Å². The third-order valence-electron chi connectivity index (χ3n) is 15.3.